The van der Waals surface area contributed by atoms with Crippen molar-refractivity contribution in [3.05, 3.63) is 0 Å². The van der Waals surface area contributed by atoms with Crippen LogP contribution in [0.25, 0.3) is 0 Å². The molecule has 1 radical (unpaired) electrons. The first-order valence-electron chi connectivity index (χ1n) is 5.31. The van der Waals surface area contributed by atoms with Crippen LogP contribution in [-0.2, 0) is 14.3 Å². The van der Waals surface area contributed by atoms with E-state index >= 15 is 0 Å². The van der Waals surface area contributed by atoms with Gasteiger partial charge in [0.05, 0.1) is 0 Å². The molecule has 0 heterocycles. The highest BCUT2D eigenvalue weighted by atomic mass is 32.1. The first-order valence-corrected chi connectivity index (χ1v) is 7.91. The minimum Gasteiger partial charge on any atom is -0.357 e. The second-order valence-corrected chi connectivity index (χ2v) is 6.93. The average Bonchev–Trinajstić information content (AvgIpc) is 2.15. The predicted molar refractivity (Wildman–Crippen MR) is 66.7 cm³/mol. The van der Waals surface area contributed by atoms with E-state index in [0.29, 0.717) is 25.2 Å². The van der Waals surface area contributed by atoms with Gasteiger partial charge < -0.3 is 9.47 Å². The summed E-state index contributed by atoms with van der Waals surface area (Å²) in [4.78, 5) is 10.9. The van der Waals surface area contributed by atoms with Crippen LogP contribution in [-0.4, -0.2) is 33.0 Å². The van der Waals surface area contributed by atoms with Crippen LogP contribution in [0.3, 0.4) is 0 Å². The molecule has 0 bridgehead atoms. The van der Waals surface area contributed by atoms with Crippen LogP contribution in [0.2, 0.25) is 12.1 Å². The third-order valence-electron chi connectivity index (χ3n) is 2.27. The van der Waals surface area contributed by atoms with Gasteiger partial charge in [0.1, 0.15) is 14.7 Å². The van der Waals surface area contributed by atoms with E-state index in [1.165, 1.54) is 0 Å². The van der Waals surface area contributed by atoms with Crippen LogP contribution in [0, 0.1) is 0 Å². The monoisotopic (exact) mass is 249 g/mol. The molecule has 0 aromatic carbocycles. The lowest BCUT2D eigenvalue weighted by molar-refractivity contribution is -0.111. The summed E-state index contributed by atoms with van der Waals surface area (Å²) in [6.45, 7) is 9.41. The summed E-state index contributed by atoms with van der Waals surface area (Å²) in [5, 5.41) is -0.0569. The van der Waals surface area contributed by atoms with Crippen molar-refractivity contribution in [3.63, 3.8) is 0 Å². The first kappa shape index (κ1) is 15.2. The minimum atomic E-state index is -0.840. The Hall–Kier alpha value is 0.157. The van der Waals surface area contributed by atoms with Crippen molar-refractivity contribution in [3.8, 4) is 0 Å². The summed E-state index contributed by atoms with van der Waals surface area (Å²) in [5.74, 6) is -0.118. The fourth-order valence-corrected chi connectivity index (χ4v) is 3.55. The molecule has 0 aliphatic heterocycles. The highest BCUT2D eigenvalue weighted by Crippen LogP contribution is 2.20. The van der Waals surface area contributed by atoms with E-state index in [2.05, 4.69) is 26.1 Å². The van der Waals surface area contributed by atoms with Gasteiger partial charge in [0, 0.05) is 19.6 Å². The van der Waals surface area contributed by atoms with Gasteiger partial charge in [-0.3, -0.25) is 4.79 Å². The smallest absolute Gasteiger partial charge is 0.185 e. The van der Waals surface area contributed by atoms with E-state index in [1.54, 1.807) is 0 Å². The van der Waals surface area contributed by atoms with Crippen LogP contribution in [0.1, 0.15) is 27.2 Å². The molecule has 3 nitrogen and oxygen atoms in total. The molecule has 1 atom stereocenters. The number of rotatable bonds is 8. The van der Waals surface area contributed by atoms with Crippen LogP contribution in [0.4, 0.5) is 0 Å². The van der Waals surface area contributed by atoms with Crippen molar-refractivity contribution in [2.24, 2.45) is 0 Å². The molecule has 0 saturated heterocycles. The molecule has 0 aromatic rings. The Morgan fingerprint density at radius 2 is 1.80 bits per heavy atom. The molecule has 0 aliphatic rings. The number of carbonyl (C=O) groups is 1. The molecule has 89 valence electrons. The lowest BCUT2D eigenvalue weighted by Crippen LogP contribution is -2.37. The molecule has 0 aliphatic carbocycles. The lowest BCUT2D eigenvalue weighted by Gasteiger charge is -2.26. The minimum absolute atomic E-state index is 0.0569. The maximum absolute atomic E-state index is 10.9. The number of ether oxygens (including phenoxy) is 2. The van der Waals surface area contributed by atoms with Gasteiger partial charge in [0.2, 0.25) is 0 Å². The molecule has 0 spiro atoms. The largest absolute Gasteiger partial charge is 0.357 e. The van der Waals surface area contributed by atoms with Gasteiger partial charge in [-0.15, -0.1) is 12.6 Å². The molecule has 5 heteroatoms. The second kappa shape index (κ2) is 8.33. The number of hydrogen-bond acceptors (Lipinski definition) is 3. The lowest BCUT2D eigenvalue weighted by atomic mass is 10.4. The van der Waals surface area contributed by atoms with Gasteiger partial charge in [-0.05, 0) is 19.4 Å². The van der Waals surface area contributed by atoms with Gasteiger partial charge in [-0.1, -0.05) is 13.5 Å². The van der Waals surface area contributed by atoms with E-state index in [-0.39, 0.29) is 11.0 Å². The number of hydrogen-bond donors (Lipinski definition) is 1. The molecule has 0 amide bonds. The topological polar surface area (TPSA) is 35.5 Å². The Kier molecular flexibility index (Phi) is 8.41. The Morgan fingerprint density at radius 3 is 2.13 bits per heavy atom. The Bertz CT molecular complexity index is 184. The highest BCUT2D eigenvalue weighted by Gasteiger charge is 2.26. The summed E-state index contributed by atoms with van der Waals surface area (Å²) < 4.78 is 11.1. The Labute approximate surface area is 99.5 Å². The summed E-state index contributed by atoms with van der Waals surface area (Å²) in [6, 6.07) is 0. The van der Waals surface area contributed by atoms with E-state index in [1.807, 2.05) is 13.8 Å². The normalized spacial score (nSPS) is 13.5. The van der Waals surface area contributed by atoms with E-state index < -0.39 is 8.80 Å². The zero-order valence-corrected chi connectivity index (χ0v) is 11.8. The zero-order chi connectivity index (χ0) is 11.8. The van der Waals surface area contributed by atoms with Gasteiger partial charge in [-0.2, -0.15) is 0 Å². The summed E-state index contributed by atoms with van der Waals surface area (Å²) >= 11 is 3.80. The van der Waals surface area contributed by atoms with E-state index in [0.717, 1.165) is 0 Å². The summed E-state index contributed by atoms with van der Waals surface area (Å²) in [6.07, 6.45) is 0.505. The van der Waals surface area contributed by atoms with Crippen molar-refractivity contribution in [1.82, 2.24) is 0 Å². The molecule has 0 aromatic heterocycles. The maximum atomic E-state index is 10.9. The third kappa shape index (κ3) is 6.35. The van der Waals surface area contributed by atoms with Gasteiger partial charge in [-0.25, -0.2) is 0 Å². The maximum Gasteiger partial charge on any atom is 0.185 e. The van der Waals surface area contributed by atoms with E-state index in [4.69, 9.17) is 9.47 Å². The second-order valence-electron chi connectivity index (χ2n) is 3.49. The van der Waals surface area contributed by atoms with Crippen molar-refractivity contribution in [2.45, 2.75) is 45.2 Å². The van der Waals surface area contributed by atoms with Gasteiger partial charge in [0.15, 0.2) is 5.12 Å². The molecular formula is C10H21O3SSi. The first-order chi connectivity index (χ1) is 7.02. The summed E-state index contributed by atoms with van der Waals surface area (Å²) in [7, 11) is -0.840. The fraction of sp³-hybridized carbons (Fsp3) is 0.900. The molecule has 0 N–H and O–H groups in total. The third-order valence-corrected chi connectivity index (χ3v) is 5.28. The van der Waals surface area contributed by atoms with Gasteiger partial charge in [0.25, 0.3) is 0 Å². The van der Waals surface area contributed by atoms with Gasteiger partial charge >= 0.3 is 0 Å². The highest BCUT2D eigenvalue weighted by molar-refractivity contribution is 7.96. The molecule has 1 unspecified atom stereocenters. The molecule has 0 fully saturated rings. The average molecular weight is 249 g/mol. The SMILES string of the molecule is CCOC(OCC)[Si](C)C(C)CC(=O)S. The van der Waals surface area contributed by atoms with Crippen molar-refractivity contribution in [1.29, 1.82) is 0 Å². The van der Waals surface area contributed by atoms with Crippen molar-refractivity contribution in [2.75, 3.05) is 13.2 Å². The van der Waals surface area contributed by atoms with Crippen LogP contribution < -0.4 is 0 Å². The Balaban J connectivity index is 4.19. The standard InChI is InChI=1S/C10H21O3SSi/c1-5-12-10(13-6-2)15(4)8(3)7-9(11)14/h8,10H,5-7H2,1-4H3,(H,11,14). The van der Waals surface area contributed by atoms with Crippen molar-refractivity contribution < 1.29 is 14.3 Å². The van der Waals surface area contributed by atoms with Crippen LogP contribution >= 0.6 is 12.6 Å². The molecule has 0 saturated carbocycles. The summed E-state index contributed by atoms with van der Waals surface area (Å²) in [5.41, 5.74) is 0.322. The zero-order valence-electron chi connectivity index (χ0n) is 9.95. The number of carbonyl (C=O) groups excluding carboxylic acids is 1. The molecule has 15 heavy (non-hydrogen) atoms. The molecule has 0 rings (SSSR count). The van der Waals surface area contributed by atoms with E-state index in [9.17, 15) is 4.79 Å². The van der Waals surface area contributed by atoms with Crippen molar-refractivity contribution >= 4 is 26.5 Å². The Morgan fingerprint density at radius 1 is 1.33 bits per heavy atom. The number of thiol groups is 1. The quantitative estimate of drug-likeness (QED) is 0.407. The molecular weight excluding hydrogens is 228 g/mol. The van der Waals surface area contributed by atoms with Crippen LogP contribution in [0.15, 0.2) is 0 Å². The van der Waals surface area contributed by atoms with Crippen LogP contribution in [0.5, 0.6) is 0 Å². The predicted octanol–water partition coefficient (Wildman–Crippen LogP) is 2.29. The fourth-order valence-electron chi connectivity index (χ4n) is 1.27.